The van der Waals surface area contributed by atoms with E-state index in [4.69, 9.17) is 40.2 Å². The third-order valence-corrected chi connectivity index (χ3v) is 5.78. The number of benzene rings is 2. The van der Waals surface area contributed by atoms with Crippen molar-refractivity contribution in [3.63, 3.8) is 0 Å². The molecular formula is C21H18Cl2N6O3. The fourth-order valence-corrected chi connectivity index (χ4v) is 4.07. The van der Waals surface area contributed by atoms with Crippen LogP contribution in [0.3, 0.4) is 0 Å². The Morgan fingerprint density at radius 2 is 2.09 bits per heavy atom. The van der Waals surface area contributed by atoms with E-state index in [9.17, 15) is 9.59 Å². The Bertz CT molecular complexity index is 1250. The number of hydrogen-bond donors (Lipinski definition) is 1. The number of primary amides is 1. The number of nitrogens with zero attached hydrogens (tertiary/aromatic N) is 5. The highest BCUT2D eigenvalue weighted by atomic mass is 35.5. The number of aromatic nitrogens is 3. The van der Waals surface area contributed by atoms with Crippen LogP contribution in [-0.2, 0) is 16.1 Å². The first-order valence-corrected chi connectivity index (χ1v) is 10.6. The fourth-order valence-electron chi connectivity index (χ4n) is 3.66. The van der Waals surface area contributed by atoms with Gasteiger partial charge in [-0.2, -0.15) is 0 Å². The third kappa shape index (κ3) is 4.47. The molecule has 2 N–H and O–H groups in total. The van der Waals surface area contributed by atoms with Gasteiger partial charge in [0.15, 0.2) is 17.0 Å². The Balaban J connectivity index is 1.59. The molecule has 1 unspecified atom stereocenters. The lowest BCUT2D eigenvalue weighted by Crippen LogP contribution is -2.45. The van der Waals surface area contributed by atoms with Crippen molar-refractivity contribution in [2.24, 2.45) is 11.7 Å². The van der Waals surface area contributed by atoms with Crippen molar-refractivity contribution in [3.8, 4) is 11.5 Å². The van der Waals surface area contributed by atoms with Crippen molar-refractivity contribution in [2.45, 2.75) is 19.4 Å². The van der Waals surface area contributed by atoms with Gasteiger partial charge in [0.2, 0.25) is 11.8 Å². The van der Waals surface area contributed by atoms with Gasteiger partial charge in [-0.15, -0.1) is 5.10 Å². The predicted octanol–water partition coefficient (Wildman–Crippen LogP) is 3.81. The summed E-state index contributed by atoms with van der Waals surface area (Å²) in [6.07, 6.45) is 1.40. The van der Waals surface area contributed by atoms with Gasteiger partial charge in [-0.05, 0) is 43.2 Å². The summed E-state index contributed by atoms with van der Waals surface area (Å²) in [5, 5.41) is 8.88. The summed E-state index contributed by atoms with van der Waals surface area (Å²) in [6.45, 7) is 7.99. The Labute approximate surface area is 193 Å². The molecular weight excluding hydrogens is 455 g/mol. The summed E-state index contributed by atoms with van der Waals surface area (Å²) < 4.78 is 7.35. The van der Waals surface area contributed by atoms with Crippen LogP contribution in [0.15, 0.2) is 30.3 Å². The summed E-state index contributed by atoms with van der Waals surface area (Å²) in [5.74, 6) is -0.344. The number of ether oxygens (including phenoxy) is 1. The molecule has 0 saturated carbocycles. The van der Waals surface area contributed by atoms with Gasteiger partial charge in [-0.25, -0.2) is 9.53 Å². The van der Waals surface area contributed by atoms with Crippen LogP contribution >= 0.6 is 23.2 Å². The maximum atomic E-state index is 12.8. The molecule has 1 atom stereocenters. The van der Waals surface area contributed by atoms with Gasteiger partial charge in [0, 0.05) is 18.1 Å². The number of carbonyl (C=O) groups is 2. The van der Waals surface area contributed by atoms with Gasteiger partial charge in [0.25, 0.3) is 0 Å². The Morgan fingerprint density at radius 1 is 1.28 bits per heavy atom. The number of hydrogen-bond acceptors (Lipinski definition) is 5. The van der Waals surface area contributed by atoms with Crippen molar-refractivity contribution in [1.82, 2.24) is 19.9 Å². The number of fused-ring (bicyclic) bond motifs is 1. The lowest BCUT2D eigenvalue weighted by molar-refractivity contribution is -0.135. The second-order valence-corrected chi connectivity index (χ2v) is 8.28. The molecule has 2 heterocycles. The van der Waals surface area contributed by atoms with Gasteiger partial charge < -0.3 is 15.4 Å². The molecule has 2 amide bonds. The number of rotatable bonds is 5. The quantitative estimate of drug-likeness (QED) is 0.568. The lowest BCUT2D eigenvalue weighted by atomic mass is 9.97. The minimum Gasteiger partial charge on any atom is -0.455 e. The third-order valence-electron chi connectivity index (χ3n) is 5.26. The molecule has 2 aromatic carbocycles. The zero-order valence-electron chi connectivity index (χ0n) is 16.8. The zero-order chi connectivity index (χ0) is 22.8. The van der Waals surface area contributed by atoms with Crippen LogP contribution < -0.4 is 10.5 Å². The number of halogens is 2. The molecule has 0 bridgehead atoms. The second kappa shape index (κ2) is 9.02. The smallest absolute Gasteiger partial charge is 0.244 e. The van der Waals surface area contributed by atoms with Crippen LogP contribution in [0.1, 0.15) is 12.8 Å². The second-order valence-electron chi connectivity index (χ2n) is 7.43. The van der Waals surface area contributed by atoms with Crippen LogP contribution in [0.5, 0.6) is 11.5 Å². The standard InChI is InChI=1S/C21H18Cl2N6O3/c1-25-14-7-13(22)8-15(9-14)32-20-16(23)4-5-17-19(20)26-27-29(17)11-18(30)28-6-2-3-12(10-28)21(24)31/h4-5,7-9,12H,2-3,6,10-11H2,(H2,24,31). The van der Waals surface area contributed by atoms with E-state index in [0.717, 1.165) is 6.42 Å². The maximum absolute atomic E-state index is 12.8. The SMILES string of the molecule is [C-]#[N+]c1cc(Cl)cc(Oc2c(Cl)ccc3c2nnn3CC(=O)N2CCCC(C(N)=O)C2)c1. The van der Waals surface area contributed by atoms with Crippen molar-refractivity contribution >= 4 is 51.7 Å². The van der Waals surface area contributed by atoms with E-state index in [1.165, 1.54) is 16.8 Å². The van der Waals surface area contributed by atoms with Crippen LogP contribution in [-0.4, -0.2) is 44.8 Å². The molecule has 1 aliphatic heterocycles. The summed E-state index contributed by atoms with van der Waals surface area (Å²) >= 11 is 12.4. The van der Waals surface area contributed by atoms with Gasteiger partial charge in [-0.3, -0.25) is 9.59 Å². The Hall–Kier alpha value is -3.35. The largest absolute Gasteiger partial charge is 0.455 e. The molecule has 0 spiro atoms. The monoisotopic (exact) mass is 472 g/mol. The van der Waals surface area contributed by atoms with E-state index in [1.54, 1.807) is 23.1 Å². The van der Waals surface area contributed by atoms with E-state index in [-0.39, 0.29) is 24.1 Å². The molecule has 1 fully saturated rings. The zero-order valence-corrected chi connectivity index (χ0v) is 18.3. The summed E-state index contributed by atoms with van der Waals surface area (Å²) in [5.41, 5.74) is 6.64. The van der Waals surface area contributed by atoms with Crippen molar-refractivity contribution in [2.75, 3.05) is 13.1 Å². The highest BCUT2D eigenvalue weighted by Crippen LogP contribution is 2.37. The Morgan fingerprint density at radius 3 is 2.84 bits per heavy atom. The number of nitrogens with two attached hydrogens (primary N) is 1. The van der Waals surface area contributed by atoms with Crippen LogP contribution in [0, 0.1) is 12.5 Å². The van der Waals surface area contributed by atoms with Gasteiger partial charge >= 0.3 is 0 Å². The van der Waals surface area contributed by atoms with E-state index < -0.39 is 5.91 Å². The minimum atomic E-state index is -0.396. The average molecular weight is 473 g/mol. The first kappa shape index (κ1) is 21.9. The van der Waals surface area contributed by atoms with Gasteiger partial charge in [0.1, 0.15) is 12.3 Å². The highest BCUT2D eigenvalue weighted by Gasteiger charge is 2.27. The fraction of sp³-hybridized carbons (Fsp3) is 0.286. The molecule has 32 heavy (non-hydrogen) atoms. The molecule has 164 valence electrons. The maximum Gasteiger partial charge on any atom is 0.244 e. The number of carbonyl (C=O) groups excluding carboxylic acids is 2. The molecule has 1 saturated heterocycles. The molecule has 11 heteroatoms. The first-order valence-electron chi connectivity index (χ1n) is 9.80. The van der Waals surface area contributed by atoms with E-state index in [0.29, 0.717) is 52.0 Å². The van der Waals surface area contributed by atoms with Crippen LogP contribution in [0.2, 0.25) is 10.0 Å². The molecule has 4 rings (SSSR count). The van der Waals surface area contributed by atoms with Crippen LogP contribution in [0.4, 0.5) is 5.69 Å². The van der Waals surface area contributed by atoms with Gasteiger partial charge in [0.05, 0.1) is 23.0 Å². The summed E-state index contributed by atoms with van der Waals surface area (Å²) in [6, 6.07) is 7.93. The number of amides is 2. The topological polar surface area (TPSA) is 108 Å². The summed E-state index contributed by atoms with van der Waals surface area (Å²) in [7, 11) is 0. The molecule has 0 radical (unpaired) electrons. The van der Waals surface area contributed by atoms with E-state index in [1.807, 2.05) is 0 Å². The van der Waals surface area contributed by atoms with Crippen molar-refractivity contribution in [1.29, 1.82) is 0 Å². The van der Waals surface area contributed by atoms with Crippen molar-refractivity contribution in [3.05, 3.63) is 51.8 Å². The minimum absolute atomic E-state index is 0.0535. The van der Waals surface area contributed by atoms with Crippen molar-refractivity contribution < 1.29 is 14.3 Å². The molecule has 3 aromatic rings. The number of likely N-dealkylation sites (tertiary alicyclic amines) is 1. The highest BCUT2D eigenvalue weighted by molar-refractivity contribution is 6.33. The summed E-state index contributed by atoms with van der Waals surface area (Å²) in [4.78, 5) is 29.3. The van der Waals surface area contributed by atoms with E-state index in [2.05, 4.69) is 15.2 Å². The molecule has 9 nitrogen and oxygen atoms in total. The van der Waals surface area contributed by atoms with E-state index >= 15 is 0 Å². The molecule has 1 aromatic heterocycles. The van der Waals surface area contributed by atoms with Crippen LogP contribution in [0.25, 0.3) is 15.9 Å². The molecule has 1 aliphatic rings. The predicted molar refractivity (Wildman–Crippen MR) is 119 cm³/mol. The van der Waals surface area contributed by atoms with Gasteiger partial charge in [-0.1, -0.05) is 28.4 Å². The average Bonchev–Trinajstić information content (AvgIpc) is 3.18. The molecule has 0 aliphatic carbocycles. The lowest BCUT2D eigenvalue weighted by Gasteiger charge is -2.31. The number of piperidine rings is 1. The normalized spacial score (nSPS) is 16.0. The first-order chi connectivity index (χ1) is 15.4. The Kier molecular flexibility index (Phi) is 6.17.